The Bertz CT molecular complexity index is 1100. The number of aromatic nitrogens is 2. The molecule has 0 spiro atoms. The van der Waals surface area contributed by atoms with Crippen LogP contribution in [0.25, 0.3) is 6.08 Å². The molecule has 1 aromatic heterocycles. The molecule has 31 heavy (non-hydrogen) atoms. The highest BCUT2D eigenvalue weighted by molar-refractivity contribution is 5.87. The molecular weight excluding hydrogens is 390 g/mol. The standard InChI is InChI=1S/C25H25N3O3/c1-18-4-6-22(7-5-18)17-28-20(3)24(19(2)27-28)12-13-25(29)31-15-14-30-23-10-8-21(16-26)9-11-23/h4-13H,14-15,17H2,1-3H3/b13-12+. The molecule has 1 heterocycles. The minimum atomic E-state index is -0.437. The van der Waals surface area contributed by atoms with E-state index in [1.54, 1.807) is 30.3 Å². The van der Waals surface area contributed by atoms with E-state index >= 15 is 0 Å². The van der Waals surface area contributed by atoms with Gasteiger partial charge in [0, 0.05) is 17.3 Å². The molecule has 2 aromatic carbocycles. The maximum absolute atomic E-state index is 12.0. The summed E-state index contributed by atoms with van der Waals surface area (Å²) in [7, 11) is 0. The molecule has 3 rings (SSSR count). The fraction of sp³-hybridized carbons (Fsp3) is 0.240. The zero-order valence-electron chi connectivity index (χ0n) is 18.0. The van der Waals surface area contributed by atoms with Crippen molar-refractivity contribution in [3.05, 3.63) is 88.2 Å². The lowest BCUT2D eigenvalue weighted by Crippen LogP contribution is -2.10. The number of hydrogen-bond donors (Lipinski definition) is 0. The monoisotopic (exact) mass is 415 g/mol. The number of aryl methyl sites for hydroxylation is 2. The second kappa shape index (κ2) is 10.3. The van der Waals surface area contributed by atoms with Crippen LogP contribution in [0, 0.1) is 32.1 Å². The predicted octanol–water partition coefficient (Wildman–Crippen LogP) is 4.36. The third-order valence-corrected chi connectivity index (χ3v) is 4.86. The number of rotatable bonds is 8. The number of nitriles is 1. The van der Waals surface area contributed by atoms with Crippen molar-refractivity contribution in [1.82, 2.24) is 9.78 Å². The number of nitrogens with zero attached hydrogens (tertiary/aromatic N) is 3. The van der Waals surface area contributed by atoms with Crippen molar-refractivity contribution >= 4 is 12.0 Å². The van der Waals surface area contributed by atoms with Crippen LogP contribution in [0.1, 0.15) is 33.6 Å². The summed E-state index contributed by atoms with van der Waals surface area (Å²) in [4.78, 5) is 12.0. The molecule has 0 aliphatic rings. The Morgan fingerprint density at radius 3 is 2.45 bits per heavy atom. The Morgan fingerprint density at radius 1 is 1.06 bits per heavy atom. The summed E-state index contributed by atoms with van der Waals surface area (Å²) in [6.45, 7) is 7.03. The molecule has 0 aliphatic heterocycles. The third-order valence-electron chi connectivity index (χ3n) is 4.86. The molecule has 0 saturated heterocycles. The van der Waals surface area contributed by atoms with E-state index in [1.807, 2.05) is 24.6 Å². The second-order valence-electron chi connectivity index (χ2n) is 7.21. The lowest BCUT2D eigenvalue weighted by molar-refractivity contribution is -0.138. The van der Waals surface area contributed by atoms with Gasteiger partial charge in [-0.25, -0.2) is 4.79 Å². The topological polar surface area (TPSA) is 77.1 Å². The Balaban J connectivity index is 1.51. The van der Waals surface area contributed by atoms with E-state index in [1.165, 1.54) is 17.2 Å². The van der Waals surface area contributed by atoms with Crippen molar-refractivity contribution < 1.29 is 14.3 Å². The van der Waals surface area contributed by atoms with Gasteiger partial charge in [0.2, 0.25) is 0 Å². The average Bonchev–Trinajstić information content (AvgIpc) is 3.04. The summed E-state index contributed by atoms with van der Waals surface area (Å²) in [5.74, 6) is 0.186. The summed E-state index contributed by atoms with van der Waals surface area (Å²) in [5.41, 5.74) is 5.73. The van der Waals surface area contributed by atoms with E-state index in [0.717, 1.165) is 17.0 Å². The summed E-state index contributed by atoms with van der Waals surface area (Å²) in [6, 6.07) is 17.2. The van der Waals surface area contributed by atoms with Crippen molar-refractivity contribution in [2.75, 3.05) is 13.2 Å². The molecular formula is C25H25N3O3. The van der Waals surface area contributed by atoms with E-state index in [-0.39, 0.29) is 13.2 Å². The number of carbonyl (C=O) groups excluding carboxylic acids is 1. The molecule has 0 saturated carbocycles. The normalized spacial score (nSPS) is 10.8. The molecule has 6 nitrogen and oxygen atoms in total. The zero-order valence-corrected chi connectivity index (χ0v) is 18.0. The number of carbonyl (C=O) groups is 1. The number of hydrogen-bond acceptors (Lipinski definition) is 5. The second-order valence-corrected chi connectivity index (χ2v) is 7.21. The van der Waals surface area contributed by atoms with Crippen molar-refractivity contribution in [1.29, 1.82) is 5.26 Å². The predicted molar refractivity (Wildman–Crippen MR) is 119 cm³/mol. The van der Waals surface area contributed by atoms with E-state index in [4.69, 9.17) is 14.7 Å². The molecule has 0 bridgehead atoms. The third kappa shape index (κ3) is 6.06. The molecule has 6 heteroatoms. The highest BCUT2D eigenvalue weighted by atomic mass is 16.6. The fourth-order valence-electron chi connectivity index (χ4n) is 3.10. The molecule has 0 radical (unpaired) electrons. The van der Waals surface area contributed by atoms with Crippen molar-refractivity contribution in [3.8, 4) is 11.8 Å². The van der Waals surface area contributed by atoms with Crippen LogP contribution in [0.15, 0.2) is 54.6 Å². The Morgan fingerprint density at radius 2 is 1.77 bits per heavy atom. The number of esters is 1. The fourth-order valence-corrected chi connectivity index (χ4v) is 3.10. The minimum Gasteiger partial charge on any atom is -0.490 e. The SMILES string of the molecule is Cc1ccc(Cn2nc(C)c(/C=C/C(=O)OCCOc3ccc(C#N)cc3)c2C)cc1. The average molecular weight is 415 g/mol. The minimum absolute atomic E-state index is 0.133. The van der Waals surface area contributed by atoms with Gasteiger partial charge < -0.3 is 9.47 Å². The summed E-state index contributed by atoms with van der Waals surface area (Å²) in [5, 5.41) is 13.4. The van der Waals surface area contributed by atoms with Crippen molar-refractivity contribution in [2.24, 2.45) is 0 Å². The number of ether oxygens (including phenoxy) is 2. The first-order chi connectivity index (χ1) is 15.0. The van der Waals surface area contributed by atoms with E-state index in [2.05, 4.69) is 36.3 Å². The summed E-state index contributed by atoms with van der Waals surface area (Å²) >= 11 is 0. The number of benzene rings is 2. The molecule has 0 unspecified atom stereocenters. The van der Waals surface area contributed by atoms with E-state index in [0.29, 0.717) is 17.9 Å². The molecule has 0 atom stereocenters. The maximum atomic E-state index is 12.0. The zero-order chi connectivity index (χ0) is 22.2. The van der Waals surface area contributed by atoms with Crippen LogP contribution in [0.4, 0.5) is 0 Å². The van der Waals surface area contributed by atoms with E-state index in [9.17, 15) is 4.79 Å². The van der Waals surface area contributed by atoms with Gasteiger partial charge in [-0.3, -0.25) is 4.68 Å². The van der Waals surface area contributed by atoms with Crippen LogP contribution >= 0.6 is 0 Å². The quantitative estimate of drug-likeness (QED) is 0.310. The smallest absolute Gasteiger partial charge is 0.330 e. The first kappa shape index (κ1) is 21.8. The molecule has 0 aliphatic carbocycles. The van der Waals surface area contributed by atoms with Gasteiger partial charge in [0.25, 0.3) is 0 Å². The highest BCUT2D eigenvalue weighted by Crippen LogP contribution is 2.17. The van der Waals surface area contributed by atoms with Gasteiger partial charge >= 0.3 is 5.97 Å². The Hall–Kier alpha value is -3.85. The molecule has 0 fully saturated rings. The molecule has 0 N–H and O–H groups in total. The van der Waals surface area contributed by atoms with Gasteiger partial charge in [0.05, 0.1) is 23.9 Å². The maximum Gasteiger partial charge on any atom is 0.330 e. The van der Waals surface area contributed by atoms with E-state index < -0.39 is 5.97 Å². The Labute approximate surface area is 182 Å². The van der Waals surface area contributed by atoms with Crippen LogP contribution < -0.4 is 4.74 Å². The van der Waals surface area contributed by atoms with Crippen LogP contribution in [0.3, 0.4) is 0 Å². The van der Waals surface area contributed by atoms with Gasteiger partial charge in [-0.05, 0) is 56.7 Å². The lowest BCUT2D eigenvalue weighted by atomic mass is 10.1. The van der Waals surface area contributed by atoms with Crippen LogP contribution in [0.5, 0.6) is 5.75 Å². The molecule has 0 amide bonds. The van der Waals surface area contributed by atoms with Gasteiger partial charge in [-0.1, -0.05) is 29.8 Å². The first-order valence-electron chi connectivity index (χ1n) is 10.0. The highest BCUT2D eigenvalue weighted by Gasteiger charge is 2.10. The van der Waals surface area contributed by atoms with Crippen LogP contribution in [0.2, 0.25) is 0 Å². The molecule has 158 valence electrons. The van der Waals surface area contributed by atoms with Gasteiger partial charge in [-0.15, -0.1) is 0 Å². The van der Waals surface area contributed by atoms with Crippen LogP contribution in [-0.4, -0.2) is 29.0 Å². The summed E-state index contributed by atoms with van der Waals surface area (Å²) in [6.07, 6.45) is 3.15. The first-order valence-corrected chi connectivity index (χ1v) is 10.0. The summed E-state index contributed by atoms with van der Waals surface area (Å²) < 4.78 is 12.6. The van der Waals surface area contributed by atoms with Crippen molar-refractivity contribution in [2.45, 2.75) is 27.3 Å². The van der Waals surface area contributed by atoms with Gasteiger partial charge in [0.1, 0.15) is 19.0 Å². The largest absolute Gasteiger partial charge is 0.490 e. The van der Waals surface area contributed by atoms with Crippen molar-refractivity contribution in [3.63, 3.8) is 0 Å². The van der Waals surface area contributed by atoms with Gasteiger partial charge in [0.15, 0.2) is 0 Å². The van der Waals surface area contributed by atoms with Gasteiger partial charge in [-0.2, -0.15) is 10.4 Å². The lowest BCUT2D eigenvalue weighted by Gasteiger charge is -2.06. The molecule has 3 aromatic rings. The Kier molecular flexibility index (Phi) is 7.23. The van der Waals surface area contributed by atoms with Crippen LogP contribution in [-0.2, 0) is 16.1 Å².